The minimum Gasteiger partial charge on any atom is -0.396 e. The van der Waals surface area contributed by atoms with Gasteiger partial charge in [0.15, 0.2) is 0 Å². The summed E-state index contributed by atoms with van der Waals surface area (Å²) in [5.74, 6) is 0. The molecule has 0 bridgehead atoms. The van der Waals surface area contributed by atoms with Gasteiger partial charge in [0.25, 0.3) is 10.1 Å². The molecule has 3 rings (SSSR count). The van der Waals surface area contributed by atoms with Crippen LogP contribution in [0.25, 0.3) is 21.5 Å². The Bertz CT molecular complexity index is 973. The molecule has 0 fully saturated rings. The molecule has 152 valence electrons. The summed E-state index contributed by atoms with van der Waals surface area (Å²) >= 11 is 0. The first-order valence-corrected chi connectivity index (χ1v) is 10.8. The van der Waals surface area contributed by atoms with Crippen molar-refractivity contribution in [1.82, 2.24) is 5.32 Å². The van der Waals surface area contributed by atoms with E-state index < -0.39 is 15.7 Å². The Morgan fingerprint density at radius 2 is 1.43 bits per heavy atom. The summed E-state index contributed by atoms with van der Waals surface area (Å²) in [6, 6.07) is 19.0. The molecular formula is C21H27NO5S. The van der Waals surface area contributed by atoms with Crippen LogP contribution in [0.1, 0.15) is 18.9 Å². The van der Waals surface area contributed by atoms with Gasteiger partial charge in [-0.15, -0.1) is 0 Å². The fourth-order valence-electron chi connectivity index (χ4n) is 3.07. The maximum absolute atomic E-state index is 9.65. The number of hydrogen-bond acceptors (Lipinski definition) is 5. The molecule has 6 nitrogen and oxygen atoms in total. The lowest BCUT2D eigenvalue weighted by molar-refractivity contribution is 0.137. The van der Waals surface area contributed by atoms with E-state index in [9.17, 15) is 18.6 Å². The zero-order chi connectivity index (χ0) is 20.8. The first-order valence-electron chi connectivity index (χ1n) is 8.95. The van der Waals surface area contributed by atoms with E-state index in [1.165, 1.54) is 27.1 Å². The van der Waals surface area contributed by atoms with Gasteiger partial charge in [0, 0.05) is 18.7 Å². The van der Waals surface area contributed by atoms with Crippen LogP contribution in [0.4, 0.5) is 0 Å². The lowest BCUT2D eigenvalue weighted by Gasteiger charge is -2.28. The summed E-state index contributed by atoms with van der Waals surface area (Å²) in [6.07, 6.45) is 1.24. The predicted octanol–water partition coefficient (Wildman–Crippen LogP) is 2.72. The van der Waals surface area contributed by atoms with Gasteiger partial charge in [-0.1, -0.05) is 48.5 Å². The van der Waals surface area contributed by atoms with Gasteiger partial charge < -0.3 is 15.5 Å². The van der Waals surface area contributed by atoms with Crippen LogP contribution < -0.4 is 5.32 Å². The first-order chi connectivity index (χ1) is 13.2. The third-order valence-electron chi connectivity index (χ3n) is 4.59. The van der Waals surface area contributed by atoms with E-state index in [1.54, 1.807) is 0 Å². The Morgan fingerprint density at radius 3 is 1.86 bits per heavy atom. The molecule has 1 unspecified atom stereocenters. The summed E-state index contributed by atoms with van der Waals surface area (Å²) in [6.45, 7) is 2.64. The minimum atomic E-state index is -3.67. The zero-order valence-corrected chi connectivity index (χ0v) is 16.9. The van der Waals surface area contributed by atoms with Gasteiger partial charge >= 0.3 is 0 Å². The van der Waals surface area contributed by atoms with Crippen molar-refractivity contribution in [2.75, 3.05) is 19.5 Å². The highest BCUT2D eigenvalue weighted by Gasteiger charge is 2.22. The average molecular weight is 406 g/mol. The van der Waals surface area contributed by atoms with Gasteiger partial charge in [0.1, 0.15) is 0 Å². The smallest absolute Gasteiger partial charge is 0.261 e. The Hall–Kier alpha value is -2.03. The highest BCUT2D eigenvalue weighted by molar-refractivity contribution is 7.85. The molecule has 0 aliphatic heterocycles. The van der Waals surface area contributed by atoms with Gasteiger partial charge in [-0.3, -0.25) is 4.55 Å². The minimum absolute atomic E-state index is 0.00371. The van der Waals surface area contributed by atoms with Crippen molar-refractivity contribution >= 4 is 31.7 Å². The van der Waals surface area contributed by atoms with Crippen LogP contribution in [0.3, 0.4) is 0 Å². The number of rotatable bonds is 6. The molecule has 0 aliphatic carbocycles. The van der Waals surface area contributed by atoms with Gasteiger partial charge in [-0.05, 0) is 46.5 Å². The summed E-state index contributed by atoms with van der Waals surface area (Å²) in [5, 5.41) is 27.2. The lowest BCUT2D eigenvalue weighted by Crippen LogP contribution is -2.46. The standard InChI is InChI=1S/C20H23NO2.CH4O3S/c1-20(14-23,10-11-22)21-13-19-17-8-4-2-6-15(17)12-16-7-3-5-9-18(16)19;1-5(2,3)4/h2-9,12,21-23H,10-11,13-14H2,1H3;1H3,(H,2,3,4). The maximum atomic E-state index is 9.65. The molecule has 0 saturated heterocycles. The van der Waals surface area contributed by atoms with Gasteiger partial charge in [-0.2, -0.15) is 8.42 Å². The molecule has 0 radical (unpaired) electrons. The van der Waals surface area contributed by atoms with Crippen LogP contribution >= 0.6 is 0 Å². The summed E-state index contributed by atoms with van der Waals surface area (Å²) in [7, 11) is -3.67. The van der Waals surface area contributed by atoms with E-state index in [4.69, 9.17) is 4.55 Å². The quantitative estimate of drug-likeness (QED) is 0.371. The van der Waals surface area contributed by atoms with E-state index in [0.29, 0.717) is 19.2 Å². The number of fused-ring (bicyclic) bond motifs is 2. The number of hydrogen-bond donors (Lipinski definition) is 4. The Kier molecular flexibility index (Phi) is 7.51. The lowest BCUT2D eigenvalue weighted by atomic mass is 9.94. The largest absolute Gasteiger partial charge is 0.396 e. The summed E-state index contributed by atoms with van der Waals surface area (Å²) < 4.78 is 25.9. The molecule has 1 atom stereocenters. The number of aliphatic hydroxyl groups is 2. The van der Waals surface area contributed by atoms with E-state index in [2.05, 4.69) is 59.9 Å². The van der Waals surface area contributed by atoms with Crippen molar-refractivity contribution in [3.63, 3.8) is 0 Å². The van der Waals surface area contributed by atoms with Gasteiger partial charge in [0.2, 0.25) is 0 Å². The molecular weight excluding hydrogens is 378 g/mol. The molecule has 0 heterocycles. The predicted molar refractivity (Wildman–Crippen MR) is 113 cm³/mol. The molecule has 0 amide bonds. The number of nitrogens with one attached hydrogen (secondary N) is 1. The summed E-state index contributed by atoms with van der Waals surface area (Å²) in [5.41, 5.74) is 0.753. The molecule has 3 aromatic carbocycles. The van der Waals surface area contributed by atoms with Gasteiger partial charge in [0.05, 0.1) is 12.9 Å². The van der Waals surface area contributed by atoms with Crippen molar-refractivity contribution in [3.8, 4) is 0 Å². The van der Waals surface area contributed by atoms with Crippen LogP contribution in [0.15, 0.2) is 54.6 Å². The average Bonchev–Trinajstić information content (AvgIpc) is 2.64. The molecule has 0 aromatic heterocycles. The van der Waals surface area contributed by atoms with E-state index >= 15 is 0 Å². The van der Waals surface area contributed by atoms with Gasteiger partial charge in [-0.25, -0.2) is 0 Å². The van der Waals surface area contributed by atoms with E-state index in [0.717, 1.165) is 0 Å². The van der Waals surface area contributed by atoms with Crippen molar-refractivity contribution in [2.24, 2.45) is 0 Å². The molecule has 0 aliphatic rings. The highest BCUT2D eigenvalue weighted by Crippen LogP contribution is 2.29. The van der Waals surface area contributed by atoms with Crippen LogP contribution in [0.5, 0.6) is 0 Å². The van der Waals surface area contributed by atoms with Crippen LogP contribution in [0, 0.1) is 0 Å². The van der Waals surface area contributed by atoms with E-state index in [1.807, 2.05) is 6.92 Å². The Labute approximate surface area is 165 Å². The fraction of sp³-hybridized carbons (Fsp3) is 0.333. The second kappa shape index (κ2) is 9.45. The second-order valence-corrected chi connectivity index (χ2v) is 8.54. The topological polar surface area (TPSA) is 107 Å². The van der Waals surface area contributed by atoms with Crippen LogP contribution in [0.2, 0.25) is 0 Å². The van der Waals surface area contributed by atoms with Crippen LogP contribution in [-0.2, 0) is 16.7 Å². The molecule has 28 heavy (non-hydrogen) atoms. The fourth-order valence-corrected chi connectivity index (χ4v) is 3.07. The Morgan fingerprint density at radius 1 is 0.964 bits per heavy atom. The SMILES string of the molecule is CC(CO)(CCO)NCc1c2ccccc2cc2ccccc12.CS(=O)(=O)O. The third-order valence-corrected chi connectivity index (χ3v) is 4.59. The van der Waals surface area contributed by atoms with Crippen LogP contribution in [-0.4, -0.2) is 48.2 Å². The highest BCUT2D eigenvalue weighted by atomic mass is 32.2. The third kappa shape index (κ3) is 6.25. The molecule has 4 N–H and O–H groups in total. The molecule has 7 heteroatoms. The van der Waals surface area contributed by atoms with Crippen molar-refractivity contribution in [1.29, 1.82) is 0 Å². The first kappa shape index (κ1) is 22.3. The normalized spacial score (nSPS) is 13.8. The number of aliphatic hydroxyl groups excluding tert-OH is 2. The molecule has 3 aromatic rings. The molecule has 0 saturated carbocycles. The molecule has 0 spiro atoms. The van der Waals surface area contributed by atoms with E-state index in [-0.39, 0.29) is 13.2 Å². The Balaban J connectivity index is 0.000000500. The monoisotopic (exact) mass is 405 g/mol. The van der Waals surface area contributed by atoms with Crippen molar-refractivity contribution < 1.29 is 23.2 Å². The second-order valence-electron chi connectivity index (χ2n) is 7.08. The zero-order valence-electron chi connectivity index (χ0n) is 16.1. The summed E-state index contributed by atoms with van der Waals surface area (Å²) in [4.78, 5) is 0. The maximum Gasteiger partial charge on any atom is 0.261 e. The van der Waals surface area contributed by atoms with Crippen molar-refractivity contribution in [3.05, 3.63) is 60.2 Å². The number of benzene rings is 3. The van der Waals surface area contributed by atoms with Crippen molar-refractivity contribution in [2.45, 2.75) is 25.4 Å².